The minimum absolute atomic E-state index is 0.129. The van der Waals surface area contributed by atoms with Crippen LogP contribution in [0.1, 0.15) is 0 Å². The zero-order valence-electron chi connectivity index (χ0n) is 10.8. The summed E-state index contributed by atoms with van der Waals surface area (Å²) < 4.78 is 0. The van der Waals surface area contributed by atoms with Crippen LogP contribution in [0.3, 0.4) is 0 Å². The topological polar surface area (TPSA) is 88.9 Å². The highest BCUT2D eigenvalue weighted by Gasteiger charge is 2.21. The van der Waals surface area contributed by atoms with Crippen LogP contribution in [-0.2, 0) is 0 Å². The van der Waals surface area contributed by atoms with E-state index in [1.165, 1.54) is 12.1 Å². The number of aromatic nitrogens is 2. The van der Waals surface area contributed by atoms with E-state index in [0.29, 0.717) is 10.9 Å². The summed E-state index contributed by atoms with van der Waals surface area (Å²) in [6.07, 6.45) is 3.11. The molecular formula is C14H7Cl2N3O3. The van der Waals surface area contributed by atoms with Crippen molar-refractivity contribution in [2.75, 3.05) is 0 Å². The van der Waals surface area contributed by atoms with Crippen molar-refractivity contribution in [1.82, 2.24) is 9.97 Å². The predicted molar refractivity (Wildman–Crippen MR) is 84.5 cm³/mol. The molecule has 0 saturated carbocycles. The Kier molecular flexibility index (Phi) is 3.56. The van der Waals surface area contributed by atoms with E-state index < -0.39 is 10.5 Å². The molecule has 110 valence electrons. The number of nitro groups is 1. The highest BCUT2D eigenvalue weighted by atomic mass is 35.5. The molecule has 0 aliphatic carbocycles. The number of hydrogen-bond donors (Lipinski definition) is 1. The Morgan fingerprint density at radius 3 is 2.73 bits per heavy atom. The molecule has 1 N–H and O–H groups in total. The van der Waals surface area contributed by atoms with Gasteiger partial charge in [-0.2, -0.15) is 0 Å². The van der Waals surface area contributed by atoms with Crippen molar-refractivity contribution < 1.29 is 4.92 Å². The van der Waals surface area contributed by atoms with Crippen molar-refractivity contribution in [3.63, 3.8) is 0 Å². The lowest BCUT2D eigenvalue weighted by atomic mass is 10.0. The summed E-state index contributed by atoms with van der Waals surface area (Å²) in [4.78, 5) is 29.3. The Morgan fingerprint density at radius 2 is 2.00 bits per heavy atom. The van der Waals surface area contributed by atoms with Crippen molar-refractivity contribution in [3.8, 4) is 11.1 Å². The summed E-state index contributed by atoms with van der Waals surface area (Å²) >= 11 is 12.2. The van der Waals surface area contributed by atoms with Gasteiger partial charge in [-0.05, 0) is 18.2 Å². The second-order valence-electron chi connectivity index (χ2n) is 4.49. The van der Waals surface area contributed by atoms with E-state index in [9.17, 15) is 14.9 Å². The molecule has 0 spiro atoms. The van der Waals surface area contributed by atoms with Gasteiger partial charge in [0.05, 0.1) is 21.0 Å². The number of halogens is 2. The fourth-order valence-electron chi connectivity index (χ4n) is 2.16. The van der Waals surface area contributed by atoms with Crippen molar-refractivity contribution in [3.05, 3.63) is 67.2 Å². The van der Waals surface area contributed by atoms with E-state index in [0.717, 1.165) is 0 Å². The molecule has 0 bridgehead atoms. The third kappa shape index (κ3) is 2.32. The van der Waals surface area contributed by atoms with Crippen LogP contribution in [0.4, 0.5) is 5.69 Å². The Bertz CT molecular complexity index is 969. The first-order valence-electron chi connectivity index (χ1n) is 6.09. The monoisotopic (exact) mass is 335 g/mol. The summed E-state index contributed by atoms with van der Waals surface area (Å²) in [5.74, 6) is 0. The van der Waals surface area contributed by atoms with Gasteiger partial charge in [0.25, 0.3) is 11.2 Å². The lowest BCUT2D eigenvalue weighted by molar-refractivity contribution is -0.384. The fourth-order valence-corrected chi connectivity index (χ4v) is 2.80. The molecule has 0 aliphatic rings. The van der Waals surface area contributed by atoms with Gasteiger partial charge in [-0.3, -0.25) is 19.9 Å². The van der Waals surface area contributed by atoms with Gasteiger partial charge in [-0.1, -0.05) is 23.2 Å². The van der Waals surface area contributed by atoms with Crippen LogP contribution in [0, 0.1) is 10.1 Å². The first-order valence-corrected chi connectivity index (χ1v) is 6.84. The average Bonchev–Trinajstić information content (AvgIpc) is 2.47. The smallest absolute Gasteiger partial charge is 0.288 e. The molecule has 0 unspecified atom stereocenters. The maximum absolute atomic E-state index is 12.3. The number of fused-ring (bicyclic) bond motifs is 1. The summed E-state index contributed by atoms with van der Waals surface area (Å²) in [7, 11) is 0. The van der Waals surface area contributed by atoms with E-state index in [4.69, 9.17) is 23.2 Å². The molecule has 2 aromatic heterocycles. The predicted octanol–water partition coefficient (Wildman–Crippen LogP) is 3.81. The van der Waals surface area contributed by atoms with Crippen molar-refractivity contribution in [1.29, 1.82) is 0 Å². The van der Waals surface area contributed by atoms with E-state index in [-0.39, 0.29) is 26.9 Å². The molecule has 0 saturated heterocycles. The van der Waals surface area contributed by atoms with Crippen LogP contribution >= 0.6 is 23.2 Å². The number of aromatic amines is 1. The maximum atomic E-state index is 12.3. The number of nitrogens with zero attached hydrogens (tertiary/aromatic N) is 2. The second-order valence-corrected chi connectivity index (χ2v) is 5.27. The Labute approximate surface area is 133 Å². The lowest BCUT2D eigenvalue weighted by Gasteiger charge is -2.08. The molecule has 1 aromatic carbocycles. The minimum atomic E-state index is -0.626. The van der Waals surface area contributed by atoms with Crippen LogP contribution in [0.25, 0.3) is 22.0 Å². The first-order chi connectivity index (χ1) is 10.5. The zero-order chi connectivity index (χ0) is 15.9. The van der Waals surface area contributed by atoms with Gasteiger partial charge in [0.15, 0.2) is 0 Å². The van der Waals surface area contributed by atoms with E-state index >= 15 is 0 Å². The summed E-state index contributed by atoms with van der Waals surface area (Å²) in [5, 5.41) is 11.6. The third-order valence-electron chi connectivity index (χ3n) is 3.18. The second kappa shape index (κ2) is 5.40. The van der Waals surface area contributed by atoms with E-state index in [2.05, 4.69) is 9.97 Å². The number of rotatable bonds is 2. The van der Waals surface area contributed by atoms with Crippen LogP contribution in [0.5, 0.6) is 0 Å². The van der Waals surface area contributed by atoms with Gasteiger partial charge in [-0.15, -0.1) is 0 Å². The van der Waals surface area contributed by atoms with Crippen molar-refractivity contribution in [2.24, 2.45) is 0 Å². The number of pyridine rings is 2. The summed E-state index contributed by atoms with van der Waals surface area (Å²) in [6.45, 7) is 0. The third-order valence-corrected chi connectivity index (χ3v) is 3.88. The van der Waals surface area contributed by atoms with Gasteiger partial charge in [0, 0.05) is 29.4 Å². The average molecular weight is 336 g/mol. The molecule has 0 amide bonds. The van der Waals surface area contributed by atoms with Gasteiger partial charge in [0.2, 0.25) is 0 Å². The molecule has 3 aromatic rings. The van der Waals surface area contributed by atoms with Gasteiger partial charge < -0.3 is 4.98 Å². The highest BCUT2D eigenvalue weighted by molar-refractivity contribution is 6.40. The number of hydrogen-bond acceptors (Lipinski definition) is 4. The molecule has 3 rings (SSSR count). The Hall–Kier alpha value is -2.44. The molecular weight excluding hydrogens is 329 g/mol. The number of nitro benzene ring substituents is 1. The SMILES string of the molecule is O=c1[nH]c2ccncc2cc1-c1c(Cl)ccc([N+](=O)[O-])c1Cl. The number of H-pyrrole nitrogens is 1. The lowest BCUT2D eigenvalue weighted by Crippen LogP contribution is -2.09. The van der Waals surface area contributed by atoms with Crippen LogP contribution < -0.4 is 5.56 Å². The highest BCUT2D eigenvalue weighted by Crippen LogP contribution is 2.39. The first kappa shape index (κ1) is 14.5. The van der Waals surface area contributed by atoms with Gasteiger partial charge in [-0.25, -0.2) is 0 Å². The standard InChI is InChI=1S/C14H7Cl2N3O3/c15-9-1-2-11(19(21)22)13(16)12(9)8-5-7-6-17-4-3-10(7)18-14(8)20/h1-6H,(H,18,20). The molecule has 22 heavy (non-hydrogen) atoms. The van der Waals surface area contributed by atoms with E-state index in [1.807, 2.05) is 0 Å². The molecule has 6 nitrogen and oxygen atoms in total. The molecule has 0 fully saturated rings. The number of nitrogens with one attached hydrogen (secondary N) is 1. The van der Waals surface area contributed by atoms with Gasteiger partial charge >= 0.3 is 0 Å². The van der Waals surface area contributed by atoms with Crippen molar-refractivity contribution in [2.45, 2.75) is 0 Å². The molecule has 0 aliphatic heterocycles. The van der Waals surface area contributed by atoms with Gasteiger partial charge in [0.1, 0.15) is 5.02 Å². The fraction of sp³-hybridized carbons (Fsp3) is 0. The van der Waals surface area contributed by atoms with Crippen LogP contribution in [-0.4, -0.2) is 14.9 Å². The quantitative estimate of drug-likeness (QED) is 0.569. The zero-order valence-corrected chi connectivity index (χ0v) is 12.4. The normalized spacial score (nSPS) is 10.8. The van der Waals surface area contributed by atoms with Crippen LogP contribution in [0.2, 0.25) is 10.0 Å². The minimum Gasteiger partial charge on any atom is -0.321 e. The largest absolute Gasteiger partial charge is 0.321 e. The number of benzene rings is 1. The van der Waals surface area contributed by atoms with Crippen molar-refractivity contribution >= 4 is 39.8 Å². The summed E-state index contributed by atoms with van der Waals surface area (Å²) in [5.41, 5.74) is 0.125. The molecule has 8 heteroatoms. The molecule has 0 atom stereocenters. The van der Waals surface area contributed by atoms with E-state index in [1.54, 1.807) is 24.5 Å². The maximum Gasteiger partial charge on any atom is 0.288 e. The molecule has 0 radical (unpaired) electrons. The Morgan fingerprint density at radius 1 is 1.23 bits per heavy atom. The summed E-state index contributed by atoms with van der Waals surface area (Å²) in [6, 6.07) is 5.74. The Balaban J connectivity index is 2.36. The van der Waals surface area contributed by atoms with Crippen LogP contribution in [0.15, 0.2) is 41.5 Å². The molecule has 2 heterocycles.